The van der Waals surface area contributed by atoms with E-state index in [0.717, 1.165) is 12.0 Å². The van der Waals surface area contributed by atoms with E-state index in [2.05, 4.69) is 12.2 Å². The molecule has 0 aliphatic carbocycles. The van der Waals surface area contributed by atoms with Crippen molar-refractivity contribution in [3.63, 3.8) is 0 Å². The van der Waals surface area contributed by atoms with Crippen molar-refractivity contribution in [3.8, 4) is 11.5 Å². The number of aliphatic carboxylic acids is 1. The van der Waals surface area contributed by atoms with Gasteiger partial charge in [0.2, 0.25) is 0 Å². The number of piperidine rings is 1. The van der Waals surface area contributed by atoms with Crippen molar-refractivity contribution in [3.05, 3.63) is 23.8 Å². The highest BCUT2D eigenvalue weighted by Gasteiger charge is 2.34. The Hall–Kier alpha value is -1.75. The van der Waals surface area contributed by atoms with E-state index < -0.39 is 11.9 Å². The lowest BCUT2D eigenvalue weighted by Crippen LogP contribution is -2.44. The predicted molar refractivity (Wildman–Crippen MR) is 75.5 cm³/mol. The van der Waals surface area contributed by atoms with E-state index in [0.29, 0.717) is 24.1 Å². The molecule has 1 aliphatic rings. The third kappa shape index (κ3) is 3.04. The molecule has 0 amide bonds. The summed E-state index contributed by atoms with van der Waals surface area (Å²) in [7, 11) is 3.19. The third-order valence-electron chi connectivity index (χ3n) is 3.90. The summed E-state index contributed by atoms with van der Waals surface area (Å²) >= 11 is 0. The molecule has 0 spiro atoms. The molecule has 20 heavy (non-hydrogen) atoms. The summed E-state index contributed by atoms with van der Waals surface area (Å²) in [5.74, 6) is 0.149. The Morgan fingerprint density at radius 1 is 1.25 bits per heavy atom. The molecule has 1 aromatic carbocycles. The molecule has 2 rings (SSSR count). The average molecular weight is 279 g/mol. The molecule has 1 aliphatic heterocycles. The summed E-state index contributed by atoms with van der Waals surface area (Å²) < 4.78 is 10.5. The number of carboxylic acid groups (broad SMARTS) is 1. The number of nitrogens with one attached hydrogen (secondary N) is 1. The van der Waals surface area contributed by atoms with Gasteiger partial charge < -0.3 is 19.9 Å². The van der Waals surface area contributed by atoms with Crippen LogP contribution in [0.15, 0.2) is 18.2 Å². The molecule has 1 fully saturated rings. The van der Waals surface area contributed by atoms with E-state index in [-0.39, 0.29) is 5.92 Å². The minimum atomic E-state index is -0.767. The second kappa shape index (κ2) is 6.13. The highest BCUT2D eigenvalue weighted by Crippen LogP contribution is 2.36. The maximum atomic E-state index is 11.5. The van der Waals surface area contributed by atoms with Crippen LogP contribution >= 0.6 is 0 Å². The van der Waals surface area contributed by atoms with Gasteiger partial charge >= 0.3 is 5.97 Å². The van der Waals surface area contributed by atoms with E-state index in [4.69, 9.17) is 9.47 Å². The van der Waals surface area contributed by atoms with Gasteiger partial charge in [0.25, 0.3) is 0 Å². The maximum absolute atomic E-state index is 11.5. The molecule has 5 heteroatoms. The van der Waals surface area contributed by atoms with Crippen LogP contribution in [0.3, 0.4) is 0 Å². The second-order valence-corrected chi connectivity index (χ2v) is 5.24. The fourth-order valence-corrected chi connectivity index (χ4v) is 2.77. The fraction of sp³-hybridized carbons (Fsp3) is 0.533. The molecule has 110 valence electrons. The lowest BCUT2D eigenvalue weighted by Gasteiger charge is -2.34. The van der Waals surface area contributed by atoms with Crippen LogP contribution in [0.4, 0.5) is 0 Å². The summed E-state index contributed by atoms with van der Waals surface area (Å²) in [6.07, 6.45) is 0.785. The van der Waals surface area contributed by atoms with Crippen molar-refractivity contribution >= 4 is 5.97 Å². The molecule has 5 nitrogen and oxygen atoms in total. The molecule has 2 N–H and O–H groups in total. The SMILES string of the molecule is COc1cc(OC)cc(C2CC(C)NCC2C(=O)O)c1. The first-order valence-corrected chi connectivity index (χ1v) is 6.74. The van der Waals surface area contributed by atoms with E-state index in [1.165, 1.54) is 0 Å². The van der Waals surface area contributed by atoms with Crippen LogP contribution in [-0.2, 0) is 4.79 Å². The normalized spacial score (nSPS) is 26.1. The molecule has 0 bridgehead atoms. The van der Waals surface area contributed by atoms with Crippen molar-refractivity contribution in [2.24, 2.45) is 5.92 Å². The number of rotatable bonds is 4. The fourth-order valence-electron chi connectivity index (χ4n) is 2.77. The molecule has 3 atom stereocenters. The molecule has 1 saturated heterocycles. The molecule has 0 saturated carbocycles. The number of hydrogen-bond acceptors (Lipinski definition) is 4. The van der Waals surface area contributed by atoms with Gasteiger partial charge in [0.1, 0.15) is 11.5 Å². The van der Waals surface area contributed by atoms with Gasteiger partial charge in [-0.15, -0.1) is 0 Å². The summed E-state index contributed by atoms with van der Waals surface area (Å²) in [4.78, 5) is 11.5. The minimum Gasteiger partial charge on any atom is -0.497 e. The zero-order valence-electron chi connectivity index (χ0n) is 12.1. The summed E-state index contributed by atoms with van der Waals surface area (Å²) in [6, 6.07) is 5.90. The van der Waals surface area contributed by atoms with E-state index in [1.54, 1.807) is 20.3 Å². The first-order valence-electron chi connectivity index (χ1n) is 6.74. The summed E-state index contributed by atoms with van der Waals surface area (Å²) in [5, 5.41) is 12.6. The summed E-state index contributed by atoms with van der Waals surface area (Å²) in [5.41, 5.74) is 0.960. The van der Waals surface area contributed by atoms with Crippen molar-refractivity contribution in [2.45, 2.75) is 25.3 Å². The number of carbonyl (C=O) groups is 1. The van der Waals surface area contributed by atoms with Gasteiger partial charge in [0, 0.05) is 24.6 Å². The molecule has 1 aromatic rings. The van der Waals surface area contributed by atoms with Crippen LogP contribution in [-0.4, -0.2) is 37.9 Å². The van der Waals surface area contributed by atoms with E-state index >= 15 is 0 Å². The van der Waals surface area contributed by atoms with Gasteiger partial charge in [-0.3, -0.25) is 4.79 Å². The van der Waals surface area contributed by atoms with Gasteiger partial charge in [0.15, 0.2) is 0 Å². The van der Waals surface area contributed by atoms with Gasteiger partial charge in [0.05, 0.1) is 20.1 Å². The van der Waals surface area contributed by atoms with E-state index in [1.807, 2.05) is 12.1 Å². The largest absolute Gasteiger partial charge is 0.497 e. The minimum absolute atomic E-state index is 0.0345. The first-order chi connectivity index (χ1) is 9.55. The Balaban J connectivity index is 2.37. The van der Waals surface area contributed by atoms with Crippen LogP contribution in [0, 0.1) is 5.92 Å². The van der Waals surface area contributed by atoms with Crippen LogP contribution in [0.2, 0.25) is 0 Å². The monoisotopic (exact) mass is 279 g/mol. The quantitative estimate of drug-likeness (QED) is 0.880. The zero-order chi connectivity index (χ0) is 14.7. The molecule has 0 radical (unpaired) electrons. The number of ether oxygens (including phenoxy) is 2. The smallest absolute Gasteiger partial charge is 0.308 e. The van der Waals surface area contributed by atoms with E-state index in [9.17, 15) is 9.90 Å². The van der Waals surface area contributed by atoms with Crippen LogP contribution in [0.1, 0.15) is 24.8 Å². The van der Waals surface area contributed by atoms with Crippen molar-refractivity contribution in [2.75, 3.05) is 20.8 Å². The number of carboxylic acids is 1. The van der Waals surface area contributed by atoms with Gasteiger partial charge in [-0.2, -0.15) is 0 Å². The van der Waals surface area contributed by atoms with Crippen molar-refractivity contribution < 1.29 is 19.4 Å². The van der Waals surface area contributed by atoms with Gasteiger partial charge in [-0.25, -0.2) is 0 Å². The predicted octanol–water partition coefficient (Wildman–Crippen LogP) is 1.87. The van der Waals surface area contributed by atoms with Crippen molar-refractivity contribution in [1.82, 2.24) is 5.32 Å². The molecular formula is C15H21NO4. The Labute approximate surface area is 118 Å². The molecular weight excluding hydrogens is 258 g/mol. The third-order valence-corrected chi connectivity index (χ3v) is 3.90. The molecule has 3 unspecified atom stereocenters. The lowest BCUT2D eigenvalue weighted by atomic mass is 9.78. The highest BCUT2D eigenvalue weighted by atomic mass is 16.5. The average Bonchev–Trinajstić information content (AvgIpc) is 2.46. The van der Waals surface area contributed by atoms with Crippen molar-refractivity contribution in [1.29, 1.82) is 0 Å². The zero-order valence-corrected chi connectivity index (χ0v) is 12.1. The van der Waals surface area contributed by atoms with Gasteiger partial charge in [-0.1, -0.05) is 0 Å². The number of hydrogen-bond donors (Lipinski definition) is 2. The van der Waals surface area contributed by atoms with Crippen LogP contribution < -0.4 is 14.8 Å². The van der Waals surface area contributed by atoms with Crippen LogP contribution in [0.25, 0.3) is 0 Å². The first kappa shape index (κ1) is 14.7. The molecule has 1 heterocycles. The topological polar surface area (TPSA) is 67.8 Å². The second-order valence-electron chi connectivity index (χ2n) is 5.24. The number of methoxy groups -OCH3 is 2. The standard InChI is InChI=1S/C15H21NO4/c1-9-4-13(14(8-16-9)15(17)18)10-5-11(19-2)7-12(6-10)20-3/h5-7,9,13-14,16H,4,8H2,1-3H3,(H,17,18). The Bertz CT molecular complexity index is 467. The summed E-state index contributed by atoms with van der Waals surface area (Å²) in [6.45, 7) is 2.56. The number of benzene rings is 1. The maximum Gasteiger partial charge on any atom is 0.308 e. The van der Waals surface area contributed by atoms with Gasteiger partial charge in [-0.05, 0) is 31.0 Å². The highest BCUT2D eigenvalue weighted by molar-refractivity contribution is 5.72. The Morgan fingerprint density at radius 2 is 1.85 bits per heavy atom. The lowest BCUT2D eigenvalue weighted by molar-refractivity contribution is -0.143. The van der Waals surface area contributed by atoms with Crippen LogP contribution in [0.5, 0.6) is 11.5 Å². The molecule has 0 aromatic heterocycles. The Kier molecular flexibility index (Phi) is 4.49. The Morgan fingerprint density at radius 3 is 2.35 bits per heavy atom.